The number of carbonyl (C=O) groups excluding carboxylic acids is 4. The van der Waals surface area contributed by atoms with Crippen molar-refractivity contribution in [1.82, 2.24) is 20.9 Å². The molecule has 4 bridgehead atoms. The number of hydrogen-bond acceptors (Lipinski definition) is 6. The number of amides is 4. The number of aromatic hydroxyl groups is 1. The molecule has 1 fully saturated rings. The fraction of sp³-hybridized carbons (Fsp3) is 0.448. The zero-order valence-corrected chi connectivity index (χ0v) is 23.1. The van der Waals surface area contributed by atoms with E-state index in [-0.39, 0.29) is 42.9 Å². The van der Waals surface area contributed by atoms with Crippen LogP contribution in [-0.2, 0) is 20.8 Å². The molecule has 220 valence electrons. The van der Waals surface area contributed by atoms with Gasteiger partial charge in [-0.15, -0.1) is 0 Å². The molecular weight excluding hydrogens is 538 g/mol. The Morgan fingerprint density at radius 1 is 1.02 bits per heavy atom. The molecule has 0 aliphatic carbocycles. The Labute approximate surface area is 236 Å². The highest BCUT2D eigenvalue weighted by Crippen LogP contribution is 2.29. The zero-order valence-electron chi connectivity index (χ0n) is 23.1. The van der Waals surface area contributed by atoms with Crippen molar-refractivity contribution < 1.29 is 37.8 Å². The lowest BCUT2D eigenvalue weighted by molar-refractivity contribution is -0.145. The first-order valence-corrected chi connectivity index (χ1v) is 13.5. The average Bonchev–Trinajstić information content (AvgIpc) is 2.91. The standard InChI is InChI=1S/C29H34F2N4O6/c1-16(2)24-27(39)32-17(3)25(37)33-22(28(40)35-12-4-11-29(30,31)15-35)13-18-5-7-19(8-6-18)41-20-9-10-23(36)21(14-20)26(38)34-24/h5-10,14,16-17,22,24,36H,4,11-13,15H2,1-3H3,(H,32,39)(H,33,37)(H,34,38)/t17-,22-,24-/m0/s1. The Morgan fingerprint density at radius 3 is 2.37 bits per heavy atom. The van der Waals surface area contributed by atoms with Crippen molar-refractivity contribution in [2.45, 2.75) is 64.1 Å². The van der Waals surface area contributed by atoms with Gasteiger partial charge in [0, 0.05) is 19.4 Å². The summed E-state index contributed by atoms with van der Waals surface area (Å²) in [5.74, 6) is -5.79. The molecule has 0 radical (unpaired) electrons. The maximum absolute atomic E-state index is 14.1. The van der Waals surface area contributed by atoms with E-state index in [0.717, 1.165) is 4.90 Å². The van der Waals surface area contributed by atoms with Crippen molar-refractivity contribution >= 4 is 23.6 Å². The quantitative estimate of drug-likeness (QED) is 0.409. The van der Waals surface area contributed by atoms with E-state index < -0.39 is 60.1 Å². The van der Waals surface area contributed by atoms with Crippen LogP contribution in [0.15, 0.2) is 42.5 Å². The third-order valence-corrected chi connectivity index (χ3v) is 7.12. The molecule has 1 saturated heterocycles. The number of phenolic OH excluding ortho intramolecular Hbond substituents is 1. The number of halogens is 2. The molecule has 2 aromatic rings. The summed E-state index contributed by atoms with van der Waals surface area (Å²) < 4.78 is 34.0. The summed E-state index contributed by atoms with van der Waals surface area (Å²) in [6.07, 6.45) is -0.158. The molecule has 41 heavy (non-hydrogen) atoms. The van der Waals surface area contributed by atoms with Crippen molar-refractivity contribution in [2.24, 2.45) is 5.92 Å². The molecule has 4 N–H and O–H groups in total. The molecule has 12 heteroatoms. The third kappa shape index (κ3) is 7.30. The van der Waals surface area contributed by atoms with Crippen molar-refractivity contribution in [3.63, 3.8) is 0 Å². The van der Waals surface area contributed by atoms with Gasteiger partial charge in [-0.25, -0.2) is 8.78 Å². The summed E-state index contributed by atoms with van der Waals surface area (Å²) in [7, 11) is 0. The number of rotatable bonds is 2. The molecule has 0 spiro atoms. The predicted molar refractivity (Wildman–Crippen MR) is 145 cm³/mol. The van der Waals surface area contributed by atoms with Gasteiger partial charge >= 0.3 is 0 Å². The minimum absolute atomic E-state index is 0.0155. The lowest BCUT2D eigenvalue weighted by Crippen LogP contribution is -2.58. The molecule has 3 atom stereocenters. The fourth-order valence-electron chi connectivity index (χ4n) is 4.82. The van der Waals surface area contributed by atoms with Crippen LogP contribution < -0.4 is 20.7 Å². The lowest BCUT2D eigenvalue weighted by atomic mass is 10.0. The number of likely N-dealkylation sites (tertiary alicyclic amines) is 1. The minimum Gasteiger partial charge on any atom is -0.507 e. The zero-order chi connectivity index (χ0) is 29.9. The number of nitrogens with zero attached hydrogens (tertiary/aromatic N) is 1. The highest BCUT2D eigenvalue weighted by Gasteiger charge is 2.39. The number of phenols is 1. The van der Waals surface area contributed by atoms with Crippen LogP contribution in [0, 0.1) is 5.92 Å². The number of ether oxygens (including phenoxy) is 1. The van der Waals surface area contributed by atoms with E-state index in [4.69, 9.17) is 4.74 Å². The summed E-state index contributed by atoms with van der Waals surface area (Å²) >= 11 is 0. The molecule has 5 rings (SSSR count). The Bertz CT molecular complexity index is 1320. The van der Waals surface area contributed by atoms with Crippen molar-refractivity contribution in [3.05, 3.63) is 53.6 Å². The van der Waals surface area contributed by atoms with E-state index in [2.05, 4.69) is 16.0 Å². The van der Waals surface area contributed by atoms with E-state index in [1.54, 1.807) is 38.1 Å². The summed E-state index contributed by atoms with van der Waals surface area (Å²) in [4.78, 5) is 53.8. The predicted octanol–water partition coefficient (Wildman–Crippen LogP) is 2.74. The van der Waals surface area contributed by atoms with Crippen molar-refractivity contribution in [2.75, 3.05) is 13.1 Å². The molecule has 3 aliphatic heterocycles. The van der Waals surface area contributed by atoms with Gasteiger partial charge < -0.3 is 30.7 Å². The Hall–Kier alpha value is -4.22. The van der Waals surface area contributed by atoms with Gasteiger partial charge in [0.25, 0.3) is 11.8 Å². The second kappa shape index (κ2) is 12.1. The summed E-state index contributed by atoms with van der Waals surface area (Å²) in [5.41, 5.74) is 0.525. The molecule has 3 aliphatic rings. The van der Waals surface area contributed by atoms with Gasteiger partial charge in [-0.3, -0.25) is 19.2 Å². The van der Waals surface area contributed by atoms with Gasteiger partial charge in [-0.1, -0.05) is 26.0 Å². The van der Waals surface area contributed by atoms with Crippen LogP contribution in [0.4, 0.5) is 8.78 Å². The lowest BCUT2D eigenvalue weighted by Gasteiger charge is -2.35. The molecule has 0 unspecified atom stereocenters. The molecular formula is C29H34F2N4O6. The molecule has 4 amide bonds. The smallest absolute Gasteiger partial charge is 0.265 e. The highest BCUT2D eigenvalue weighted by molar-refractivity contribution is 6.00. The topological polar surface area (TPSA) is 137 Å². The maximum Gasteiger partial charge on any atom is 0.265 e. The molecule has 3 heterocycles. The Kier molecular flexibility index (Phi) is 8.79. The second-order valence-corrected chi connectivity index (χ2v) is 10.8. The van der Waals surface area contributed by atoms with Crippen LogP contribution in [-0.4, -0.2) is 70.8 Å². The van der Waals surface area contributed by atoms with E-state index in [1.807, 2.05) is 0 Å². The van der Waals surface area contributed by atoms with Crippen LogP contribution in [0.5, 0.6) is 17.2 Å². The van der Waals surface area contributed by atoms with Gasteiger partial charge in [0.1, 0.15) is 35.4 Å². The van der Waals surface area contributed by atoms with E-state index in [9.17, 15) is 33.1 Å². The van der Waals surface area contributed by atoms with E-state index in [1.165, 1.54) is 25.1 Å². The SMILES string of the molecule is CC(C)[C@@H]1NC(=O)c2cc(ccc2O)Oc2ccc(cc2)C[C@@H](C(=O)N2CCCC(F)(F)C2)NC(=O)[C@H](C)NC1=O. The minimum atomic E-state index is -3.02. The number of alkyl halides is 2. The van der Waals surface area contributed by atoms with Gasteiger partial charge in [-0.2, -0.15) is 0 Å². The Morgan fingerprint density at radius 2 is 1.71 bits per heavy atom. The van der Waals surface area contributed by atoms with Crippen molar-refractivity contribution in [1.29, 1.82) is 0 Å². The van der Waals surface area contributed by atoms with Crippen LogP contribution in [0.2, 0.25) is 0 Å². The number of benzene rings is 2. The summed E-state index contributed by atoms with van der Waals surface area (Å²) in [5, 5.41) is 18.1. The fourth-order valence-corrected chi connectivity index (χ4v) is 4.82. The summed E-state index contributed by atoms with van der Waals surface area (Å²) in [6, 6.07) is 7.36. The first-order valence-electron chi connectivity index (χ1n) is 13.5. The first kappa shape index (κ1) is 29.8. The number of hydrogen-bond donors (Lipinski definition) is 4. The normalized spacial score (nSPS) is 23.5. The monoisotopic (exact) mass is 572 g/mol. The molecule has 2 aromatic carbocycles. The summed E-state index contributed by atoms with van der Waals surface area (Å²) in [6.45, 7) is 4.23. The van der Waals surface area contributed by atoms with E-state index >= 15 is 0 Å². The third-order valence-electron chi connectivity index (χ3n) is 7.12. The number of carbonyl (C=O) groups is 4. The van der Waals surface area contributed by atoms with Crippen LogP contribution in [0.1, 0.15) is 49.5 Å². The van der Waals surface area contributed by atoms with E-state index in [0.29, 0.717) is 11.3 Å². The van der Waals surface area contributed by atoms with Gasteiger partial charge in [0.15, 0.2) is 0 Å². The average molecular weight is 573 g/mol. The van der Waals surface area contributed by atoms with Gasteiger partial charge in [0.05, 0.1) is 12.1 Å². The van der Waals surface area contributed by atoms with Crippen LogP contribution >= 0.6 is 0 Å². The van der Waals surface area contributed by atoms with Gasteiger partial charge in [-0.05, 0) is 55.2 Å². The molecule has 0 saturated carbocycles. The van der Waals surface area contributed by atoms with Crippen LogP contribution in [0.25, 0.3) is 0 Å². The molecule has 0 aromatic heterocycles. The second-order valence-electron chi connectivity index (χ2n) is 10.8. The number of fused-ring (bicyclic) bond motifs is 11. The van der Waals surface area contributed by atoms with Gasteiger partial charge in [0.2, 0.25) is 17.7 Å². The number of nitrogens with one attached hydrogen (secondary N) is 3. The molecule has 10 nitrogen and oxygen atoms in total. The van der Waals surface area contributed by atoms with Crippen LogP contribution in [0.3, 0.4) is 0 Å². The number of piperidine rings is 1. The Balaban J connectivity index is 1.68. The first-order chi connectivity index (χ1) is 19.3. The van der Waals surface area contributed by atoms with Crippen molar-refractivity contribution in [3.8, 4) is 17.2 Å². The largest absolute Gasteiger partial charge is 0.507 e. The highest BCUT2D eigenvalue weighted by atomic mass is 19.3. The maximum atomic E-state index is 14.1.